The van der Waals surface area contributed by atoms with Crippen molar-refractivity contribution in [2.75, 3.05) is 26.6 Å². The van der Waals surface area contributed by atoms with E-state index in [1.807, 2.05) is 0 Å². The molecule has 0 unspecified atom stereocenters. The Morgan fingerprint density at radius 3 is 2.23 bits per heavy atom. The second kappa shape index (κ2) is 8.36. The molecule has 30 heavy (non-hydrogen) atoms. The number of aromatic hydroxyl groups is 1. The van der Waals surface area contributed by atoms with Gasteiger partial charge in [-0.25, -0.2) is 4.79 Å². The van der Waals surface area contributed by atoms with E-state index in [1.165, 1.54) is 21.3 Å². The molecule has 8 heteroatoms. The molecule has 8 nitrogen and oxygen atoms in total. The number of methoxy groups -OCH3 is 3. The van der Waals surface area contributed by atoms with Crippen LogP contribution in [0.2, 0.25) is 0 Å². The fourth-order valence-corrected chi connectivity index (χ4v) is 3.38. The quantitative estimate of drug-likeness (QED) is 0.597. The van der Waals surface area contributed by atoms with Crippen LogP contribution in [0.25, 0.3) is 11.0 Å². The van der Waals surface area contributed by atoms with Crippen molar-refractivity contribution in [3.8, 4) is 23.0 Å². The minimum absolute atomic E-state index is 0.00228. The standard InChI is InChI=1S/C22H23NO7/c1-11-6-15(24)20-12(2)14(22(26)30-16(20)7-11)10-19(25)23-13-8-17(27-3)21(29-5)18(9-13)28-4/h6-9,24H,10H2,1-5H3,(H,23,25). The fourth-order valence-electron chi connectivity index (χ4n) is 3.38. The summed E-state index contributed by atoms with van der Waals surface area (Å²) >= 11 is 0. The van der Waals surface area contributed by atoms with E-state index in [1.54, 1.807) is 38.1 Å². The summed E-state index contributed by atoms with van der Waals surface area (Å²) in [6, 6.07) is 6.42. The maximum absolute atomic E-state index is 12.6. The Morgan fingerprint density at radius 1 is 1.03 bits per heavy atom. The van der Waals surface area contributed by atoms with Gasteiger partial charge in [-0.2, -0.15) is 0 Å². The van der Waals surface area contributed by atoms with Crippen LogP contribution in [0.1, 0.15) is 16.7 Å². The topological polar surface area (TPSA) is 107 Å². The van der Waals surface area contributed by atoms with Gasteiger partial charge < -0.3 is 29.1 Å². The predicted molar refractivity (Wildman–Crippen MR) is 112 cm³/mol. The van der Waals surface area contributed by atoms with Crippen molar-refractivity contribution in [1.29, 1.82) is 0 Å². The summed E-state index contributed by atoms with van der Waals surface area (Å²) in [5, 5.41) is 13.4. The molecule has 0 bridgehead atoms. The highest BCUT2D eigenvalue weighted by Gasteiger charge is 2.19. The molecular formula is C22H23NO7. The van der Waals surface area contributed by atoms with E-state index >= 15 is 0 Å². The van der Waals surface area contributed by atoms with Gasteiger partial charge in [0.2, 0.25) is 11.7 Å². The molecule has 0 radical (unpaired) electrons. The molecule has 0 spiro atoms. The lowest BCUT2D eigenvalue weighted by atomic mass is 10.0. The first-order chi connectivity index (χ1) is 14.3. The highest BCUT2D eigenvalue weighted by molar-refractivity contribution is 5.95. The first-order valence-electron chi connectivity index (χ1n) is 9.14. The Hall–Kier alpha value is -3.68. The Kier molecular flexibility index (Phi) is 5.86. The molecule has 158 valence electrons. The minimum atomic E-state index is -0.620. The number of aryl methyl sites for hydroxylation is 2. The fraction of sp³-hybridized carbons (Fsp3) is 0.273. The van der Waals surface area contributed by atoms with Crippen molar-refractivity contribution < 1.29 is 28.5 Å². The van der Waals surface area contributed by atoms with Crippen LogP contribution in [-0.2, 0) is 11.2 Å². The third-order valence-corrected chi connectivity index (χ3v) is 4.79. The lowest BCUT2D eigenvalue weighted by molar-refractivity contribution is -0.115. The number of hydrogen-bond acceptors (Lipinski definition) is 7. The number of nitrogens with one attached hydrogen (secondary N) is 1. The van der Waals surface area contributed by atoms with E-state index in [4.69, 9.17) is 18.6 Å². The van der Waals surface area contributed by atoms with E-state index in [-0.39, 0.29) is 23.3 Å². The number of phenols is 1. The SMILES string of the molecule is COc1cc(NC(=O)Cc2c(C)c3c(O)cc(C)cc3oc2=O)cc(OC)c1OC. The summed E-state index contributed by atoms with van der Waals surface area (Å²) in [6.45, 7) is 3.46. The second-order valence-electron chi connectivity index (χ2n) is 6.79. The van der Waals surface area contributed by atoms with Crippen molar-refractivity contribution in [3.05, 3.63) is 51.4 Å². The highest BCUT2D eigenvalue weighted by atomic mass is 16.5. The molecule has 0 aliphatic carbocycles. The number of amides is 1. The van der Waals surface area contributed by atoms with Gasteiger partial charge in [-0.15, -0.1) is 0 Å². The number of phenolic OH excluding ortho intramolecular Hbond substituents is 1. The van der Waals surface area contributed by atoms with Gasteiger partial charge >= 0.3 is 5.63 Å². The average molecular weight is 413 g/mol. The normalized spacial score (nSPS) is 10.7. The van der Waals surface area contributed by atoms with Gasteiger partial charge in [-0.3, -0.25) is 4.79 Å². The van der Waals surface area contributed by atoms with Crippen molar-refractivity contribution in [2.24, 2.45) is 0 Å². The summed E-state index contributed by atoms with van der Waals surface area (Å²) < 4.78 is 21.2. The summed E-state index contributed by atoms with van der Waals surface area (Å²) in [7, 11) is 4.43. The van der Waals surface area contributed by atoms with E-state index in [0.717, 1.165) is 5.56 Å². The Labute approximate surface area is 173 Å². The zero-order chi connectivity index (χ0) is 22.0. The van der Waals surface area contributed by atoms with E-state index < -0.39 is 11.5 Å². The highest BCUT2D eigenvalue weighted by Crippen LogP contribution is 2.40. The molecule has 1 aromatic heterocycles. The molecule has 0 aliphatic rings. The lowest BCUT2D eigenvalue weighted by Crippen LogP contribution is -2.20. The zero-order valence-electron chi connectivity index (χ0n) is 17.4. The number of carbonyl (C=O) groups is 1. The van der Waals surface area contributed by atoms with Crippen LogP contribution in [0.15, 0.2) is 33.5 Å². The third kappa shape index (κ3) is 3.89. The van der Waals surface area contributed by atoms with Gasteiger partial charge in [-0.1, -0.05) is 0 Å². The largest absolute Gasteiger partial charge is 0.507 e. The Balaban J connectivity index is 1.94. The third-order valence-electron chi connectivity index (χ3n) is 4.79. The number of rotatable bonds is 6. The predicted octanol–water partition coefficient (Wildman–Crippen LogP) is 3.32. The number of hydrogen-bond donors (Lipinski definition) is 2. The van der Waals surface area contributed by atoms with Crippen molar-refractivity contribution >= 4 is 22.6 Å². The Morgan fingerprint density at radius 2 is 1.67 bits per heavy atom. The number of ether oxygens (including phenoxy) is 3. The van der Waals surface area contributed by atoms with Gasteiger partial charge in [0.25, 0.3) is 0 Å². The first-order valence-corrected chi connectivity index (χ1v) is 9.14. The second-order valence-corrected chi connectivity index (χ2v) is 6.79. The van der Waals surface area contributed by atoms with Crippen LogP contribution in [0, 0.1) is 13.8 Å². The number of benzene rings is 2. The number of carbonyl (C=O) groups excluding carboxylic acids is 1. The first kappa shape index (κ1) is 21.0. The average Bonchev–Trinajstić information content (AvgIpc) is 2.69. The van der Waals surface area contributed by atoms with Crippen LogP contribution in [0.3, 0.4) is 0 Å². The van der Waals surface area contributed by atoms with Crippen molar-refractivity contribution in [3.63, 3.8) is 0 Å². The molecule has 2 N–H and O–H groups in total. The maximum Gasteiger partial charge on any atom is 0.340 e. The van der Waals surface area contributed by atoms with Gasteiger partial charge in [0.15, 0.2) is 11.5 Å². The molecule has 3 rings (SSSR count). The smallest absolute Gasteiger partial charge is 0.340 e. The molecule has 0 atom stereocenters. The van der Waals surface area contributed by atoms with Crippen LogP contribution in [-0.4, -0.2) is 32.3 Å². The summed E-state index contributed by atoms with van der Waals surface area (Å²) in [4.78, 5) is 25.1. The van der Waals surface area contributed by atoms with E-state index in [2.05, 4.69) is 5.32 Å². The summed E-state index contributed by atoms with van der Waals surface area (Å²) in [6.07, 6.45) is -0.228. The lowest BCUT2D eigenvalue weighted by Gasteiger charge is -2.15. The zero-order valence-corrected chi connectivity index (χ0v) is 17.4. The monoisotopic (exact) mass is 413 g/mol. The van der Waals surface area contributed by atoms with Crippen molar-refractivity contribution in [2.45, 2.75) is 20.3 Å². The number of anilines is 1. The van der Waals surface area contributed by atoms with Crippen molar-refractivity contribution in [1.82, 2.24) is 0 Å². The van der Waals surface area contributed by atoms with Crippen LogP contribution in [0.5, 0.6) is 23.0 Å². The summed E-state index contributed by atoms with van der Waals surface area (Å²) in [5.41, 5.74) is 1.51. The molecular weight excluding hydrogens is 390 g/mol. The maximum atomic E-state index is 12.6. The number of fused-ring (bicyclic) bond motifs is 1. The minimum Gasteiger partial charge on any atom is -0.507 e. The van der Waals surface area contributed by atoms with Gasteiger partial charge in [0.05, 0.1) is 38.7 Å². The van der Waals surface area contributed by atoms with Gasteiger partial charge in [0.1, 0.15) is 11.3 Å². The molecule has 1 heterocycles. The van der Waals surface area contributed by atoms with E-state index in [0.29, 0.717) is 33.9 Å². The van der Waals surface area contributed by atoms with Crippen LogP contribution < -0.4 is 25.2 Å². The van der Waals surface area contributed by atoms with Crippen LogP contribution in [0.4, 0.5) is 5.69 Å². The molecule has 2 aromatic carbocycles. The van der Waals surface area contributed by atoms with Gasteiger partial charge in [-0.05, 0) is 37.1 Å². The molecule has 0 saturated heterocycles. The molecule has 0 aliphatic heterocycles. The van der Waals surface area contributed by atoms with Crippen LogP contribution >= 0.6 is 0 Å². The van der Waals surface area contributed by atoms with Gasteiger partial charge in [0, 0.05) is 17.8 Å². The molecule has 0 saturated carbocycles. The molecule has 3 aromatic rings. The van der Waals surface area contributed by atoms with E-state index in [9.17, 15) is 14.7 Å². The molecule has 1 amide bonds. The molecule has 0 fully saturated rings. The Bertz CT molecular complexity index is 1160. The summed E-state index contributed by atoms with van der Waals surface area (Å²) in [5.74, 6) is 0.723.